The summed E-state index contributed by atoms with van der Waals surface area (Å²) in [6.07, 6.45) is 7.11. The summed E-state index contributed by atoms with van der Waals surface area (Å²) >= 11 is 1.53. The minimum absolute atomic E-state index is 0.0612. The van der Waals surface area contributed by atoms with Gasteiger partial charge in [0.15, 0.2) is 0 Å². The van der Waals surface area contributed by atoms with Gasteiger partial charge in [-0.05, 0) is 36.2 Å². The van der Waals surface area contributed by atoms with Gasteiger partial charge in [0.2, 0.25) is 5.91 Å². The quantitative estimate of drug-likeness (QED) is 0.738. The highest BCUT2D eigenvalue weighted by Crippen LogP contribution is 2.32. The number of nitrogens with zero attached hydrogens (tertiary/aromatic N) is 3. The average molecular weight is 382 g/mol. The van der Waals surface area contributed by atoms with Gasteiger partial charge >= 0.3 is 0 Å². The molecule has 1 saturated heterocycles. The summed E-state index contributed by atoms with van der Waals surface area (Å²) in [5.74, 6) is 0.491. The zero-order chi connectivity index (χ0) is 18.8. The van der Waals surface area contributed by atoms with Gasteiger partial charge in [-0.1, -0.05) is 6.92 Å². The highest BCUT2D eigenvalue weighted by molar-refractivity contribution is 7.14. The summed E-state index contributed by atoms with van der Waals surface area (Å²) in [5.41, 5.74) is 1.89. The molecule has 0 spiro atoms. The van der Waals surface area contributed by atoms with Crippen molar-refractivity contribution in [2.24, 2.45) is 0 Å². The van der Waals surface area contributed by atoms with Gasteiger partial charge in [0.25, 0.3) is 5.91 Å². The van der Waals surface area contributed by atoms with Crippen LogP contribution in [-0.2, 0) is 11.3 Å². The van der Waals surface area contributed by atoms with Crippen LogP contribution in [0.4, 0.5) is 0 Å². The van der Waals surface area contributed by atoms with Crippen LogP contribution >= 0.6 is 11.3 Å². The summed E-state index contributed by atoms with van der Waals surface area (Å²) in [6.45, 7) is 3.94. The molecular formula is C20H22N4O2S. The van der Waals surface area contributed by atoms with Crippen molar-refractivity contribution in [2.45, 2.75) is 32.2 Å². The molecule has 3 aromatic rings. The predicted molar refractivity (Wildman–Crippen MR) is 105 cm³/mol. The Kier molecular flexibility index (Phi) is 4.94. The molecule has 6 nitrogen and oxygen atoms in total. The van der Waals surface area contributed by atoms with Crippen LogP contribution in [0.15, 0.2) is 42.9 Å². The van der Waals surface area contributed by atoms with E-state index in [-0.39, 0.29) is 11.8 Å². The van der Waals surface area contributed by atoms with E-state index in [2.05, 4.69) is 10.3 Å². The van der Waals surface area contributed by atoms with E-state index < -0.39 is 0 Å². The average Bonchev–Trinajstić information content (AvgIpc) is 3.44. The Labute approximate surface area is 161 Å². The molecule has 2 amide bonds. The van der Waals surface area contributed by atoms with E-state index in [4.69, 9.17) is 0 Å². The smallest absolute Gasteiger partial charge is 0.261 e. The van der Waals surface area contributed by atoms with Crippen LogP contribution in [-0.4, -0.2) is 39.2 Å². The normalized spacial score (nSPS) is 16.8. The van der Waals surface area contributed by atoms with Crippen LogP contribution in [0.1, 0.15) is 45.8 Å². The molecule has 1 N–H and O–H groups in total. The summed E-state index contributed by atoms with van der Waals surface area (Å²) in [4.78, 5) is 32.4. The van der Waals surface area contributed by atoms with Crippen molar-refractivity contribution in [3.8, 4) is 0 Å². The molecule has 0 aliphatic carbocycles. The van der Waals surface area contributed by atoms with Gasteiger partial charge in [0.05, 0.1) is 4.88 Å². The number of pyridine rings is 1. The molecule has 1 aliphatic rings. The Morgan fingerprint density at radius 3 is 3.04 bits per heavy atom. The lowest BCUT2D eigenvalue weighted by Crippen LogP contribution is -2.27. The minimum Gasteiger partial charge on any atom is -0.347 e. The van der Waals surface area contributed by atoms with Crippen LogP contribution in [0.25, 0.3) is 5.65 Å². The predicted octanol–water partition coefficient (Wildman–Crippen LogP) is 3.05. The van der Waals surface area contributed by atoms with E-state index >= 15 is 0 Å². The van der Waals surface area contributed by atoms with Gasteiger partial charge < -0.3 is 14.6 Å². The standard InChI is InChI=1S/C20H22N4O2S/c1-2-19(25)24-9-6-15(13-24)16-3-4-17(27-16)20(26)22-12-14-5-8-23-10-7-21-18(23)11-14/h3-5,7-8,10-11,15H,2,6,9,12-13H2,1H3,(H,22,26). The molecular weight excluding hydrogens is 360 g/mol. The van der Waals surface area contributed by atoms with E-state index in [1.807, 2.05) is 52.9 Å². The first-order valence-electron chi connectivity index (χ1n) is 9.21. The lowest BCUT2D eigenvalue weighted by molar-refractivity contribution is -0.129. The number of hydrogen-bond donors (Lipinski definition) is 1. The highest BCUT2D eigenvalue weighted by Gasteiger charge is 2.27. The number of likely N-dealkylation sites (tertiary alicyclic amines) is 1. The fraction of sp³-hybridized carbons (Fsp3) is 0.350. The third kappa shape index (κ3) is 3.73. The van der Waals surface area contributed by atoms with Crippen molar-refractivity contribution in [2.75, 3.05) is 13.1 Å². The third-order valence-electron chi connectivity index (χ3n) is 5.01. The molecule has 4 heterocycles. The fourth-order valence-electron chi connectivity index (χ4n) is 3.47. The number of carbonyl (C=O) groups excluding carboxylic acids is 2. The first-order valence-corrected chi connectivity index (χ1v) is 10.0. The van der Waals surface area contributed by atoms with Crippen molar-refractivity contribution in [1.82, 2.24) is 19.6 Å². The van der Waals surface area contributed by atoms with Crippen LogP contribution < -0.4 is 5.32 Å². The van der Waals surface area contributed by atoms with Crippen LogP contribution in [0.3, 0.4) is 0 Å². The zero-order valence-corrected chi connectivity index (χ0v) is 16.0. The molecule has 1 aliphatic heterocycles. The lowest BCUT2D eigenvalue weighted by Gasteiger charge is -2.14. The van der Waals surface area contributed by atoms with Gasteiger partial charge in [-0.3, -0.25) is 9.59 Å². The van der Waals surface area contributed by atoms with Crippen molar-refractivity contribution in [1.29, 1.82) is 0 Å². The summed E-state index contributed by atoms with van der Waals surface area (Å²) < 4.78 is 1.94. The number of rotatable bonds is 5. The zero-order valence-electron chi connectivity index (χ0n) is 15.2. The van der Waals surface area contributed by atoms with Crippen LogP contribution in [0.2, 0.25) is 0 Å². The van der Waals surface area contributed by atoms with E-state index in [1.54, 1.807) is 6.20 Å². The summed E-state index contributed by atoms with van der Waals surface area (Å²) in [6, 6.07) is 7.86. The van der Waals surface area contributed by atoms with Crippen LogP contribution in [0.5, 0.6) is 0 Å². The van der Waals surface area contributed by atoms with E-state index in [0.717, 1.165) is 30.7 Å². The molecule has 0 bridgehead atoms. The number of hydrogen-bond acceptors (Lipinski definition) is 4. The maximum absolute atomic E-state index is 12.5. The Morgan fingerprint density at radius 1 is 1.30 bits per heavy atom. The maximum Gasteiger partial charge on any atom is 0.261 e. The SMILES string of the molecule is CCC(=O)N1CCC(c2ccc(C(=O)NCc3ccn4ccnc4c3)s2)C1. The van der Waals surface area contributed by atoms with Crippen molar-refractivity contribution in [3.63, 3.8) is 0 Å². The number of fused-ring (bicyclic) bond motifs is 1. The number of nitrogens with one attached hydrogen (secondary N) is 1. The van der Waals surface area contributed by atoms with E-state index in [1.165, 1.54) is 16.2 Å². The summed E-state index contributed by atoms with van der Waals surface area (Å²) in [5, 5.41) is 2.98. The highest BCUT2D eigenvalue weighted by atomic mass is 32.1. The van der Waals surface area contributed by atoms with Gasteiger partial charge in [0, 0.05) is 55.4 Å². The Morgan fingerprint density at radius 2 is 2.19 bits per heavy atom. The van der Waals surface area contributed by atoms with Gasteiger partial charge in [-0.2, -0.15) is 0 Å². The molecule has 0 saturated carbocycles. The first-order chi connectivity index (χ1) is 13.1. The molecule has 7 heteroatoms. The Balaban J connectivity index is 1.36. The monoisotopic (exact) mass is 382 g/mol. The van der Waals surface area contributed by atoms with E-state index in [0.29, 0.717) is 23.8 Å². The number of amides is 2. The Bertz CT molecular complexity index is 977. The first kappa shape index (κ1) is 17.7. The van der Waals surface area contributed by atoms with E-state index in [9.17, 15) is 9.59 Å². The number of carbonyl (C=O) groups is 2. The lowest BCUT2D eigenvalue weighted by atomic mass is 10.1. The molecule has 140 valence electrons. The van der Waals surface area contributed by atoms with Crippen LogP contribution in [0, 0.1) is 0 Å². The van der Waals surface area contributed by atoms with Crippen molar-refractivity contribution < 1.29 is 9.59 Å². The largest absolute Gasteiger partial charge is 0.347 e. The third-order valence-corrected chi connectivity index (χ3v) is 6.26. The second kappa shape index (κ2) is 7.52. The second-order valence-corrected chi connectivity index (χ2v) is 7.91. The number of aromatic nitrogens is 2. The minimum atomic E-state index is -0.0612. The van der Waals surface area contributed by atoms with Gasteiger partial charge in [-0.15, -0.1) is 11.3 Å². The Hall–Kier alpha value is -2.67. The maximum atomic E-state index is 12.5. The van der Waals surface area contributed by atoms with Crippen molar-refractivity contribution in [3.05, 3.63) is 58.2 Å². The molecule has 1 atom stereocenters. The molecule has 1 unspecified atom stereocenters. The van der Waals surface area contributed by atoms with Gasteiger partial charge in [0.1, 0.15) is 5.65 Å². The molecule has 4 rings (SSSR count). The molecule has 0 radical (unpaired) electrons. The fourth-order valence-corrected chi connectivity index (χ4v) is 4.52. The molecule has 1 fully saturated rings. The second-order valence-electron chi connectivity index (χ2n) is 6.79. The molecule has 27 heavy (non-hydrogen) atoms. The number of thiophene rings is 1. The number of imidazole rings is 1. The molecule has 0 aromatic carbocycles. The van der Waals surface area contributed by atoms with Gasteiger partial charge in [-0.25, -0.2) is 4.98 Å². The summed E-state index contributed by atoms with van der Waals surface area (Å²) in [7, 11) is 0. The van der Waals surface area contributed by atoms with Crippen molar-refractivity contribution >= 4 is 28.8 Å². The molecule has 3 aromatic heterocycles. The topological polar surface area (TPSA) is 66.7 Å².